The third kappa shape index (κ3) is 2.61. The van der Waals surface area contributed by atoms with Crippen molar-refractivity contribution in [2.45, 2.75) is 6.92 Å². The van der Waals surface area contributed by atoms with Crippen LogP contribution in [-0.2, 0) is 0 Å². The van der Waals surface area contributed by atoms with Gasteiger partial charge in [0.25, 0.3) is 0 Å². The smallest absolute Gasteiger partial charge is 0.117 e. The predicted octanol–water partition coefficient (Wildman–Crippen LogP) is 4.65. The highest BCUT2D eigenvalue weighted by Gasteiger charge is 2.01. The van der Waals surface area contributed by atoms with Crippen LogP contribution >= 0.6 is 11.3 Å². The summed E-state index contributed by atoms with van der Waals surface area (Å²) in [6.45, 7) is 2.07. The van der Waals surface area contributed by atoms with Crippen molar-refractivity contribution in [3.63, 3.8) is 0 Å². The van der Waals surface area contributed by atoms with Gasteiger partial charge in [0.05, 0.1) is 21.8 Å². The molecule has 1 aromatic heterocycles. The maximum atomic E-state index is 8.76. The summed E-state index contributed by atoms with van der Waals surface area (Å²) in [6.07, 6.45) is 4.03. The van der Waals surface area contributed by atoms with Crippen LogP contribution < -0.4 is 0 Å². The van der Waals surface area contributed by atoms with Gasteiger partial charge in [0.15, 0.2) is 0 Å². The minimum atomic E-state index is 0.678. The largest absolute Gasteiger partial charge is 0.237 e. The van der Waals surface area contributed by atoms with Gasteiger partial charge < -0.3 is 0 Å². The van der Waals surface area contributed by atoms with Crippen molar-refractivity contribution in [1.29, 1.82) is 5.26 Å². The summed E-state index contributed by atoms with van der Waals surface area (Å²) in [4.78, 5) is 4.60. The Bertz CT molecular complexity index is 820. The van der Waals surface area contributed by atoms with Crippen molar-refractivity contribution in [3.05, 3.63) is 64.2 Å². The summed E-state index contributed by atoms with van der Waals surface area (Å²) in [5.74, 6) is 0. The third-order valence-electron chi connectivity index (χ3n) is 3.02. The number of hydrogen-bond donors (Lipinski definition) is 0. The molecular weight excluding hydrogens is 264 g/mol. The second-order valence-corrected chi connectivity index (χ2v) is 5.65. The van der Waals surface area contributed by atoms with Crippen LogP contribution in [-0.4, -0.2) is 4.98 Å². The van der Waals surface area contributed by atoms with Crippen LogP contribution in [0.3, 0.4) is 0 Å². The second-order valence-electron chi connectivity index (χ2n) is 4.59. The number of rotatable bonds is 2. The first kappa shape index (κ1) is 12.6. The van der Waals surface area contributed by atoms with E-state index in [0.717, 1.165) is 16.1 Å². The fraction of sp³-hybridized carbons (Fsp3) is 0.0588. The summed E-state index contributed by atoms with van der Waals surface area (Å²) < 4.78 is 1.20. The number of aromatic nitrogens is 1. The van der Waals surface area contributed by atoms with Gasteiger partial charge in [0, 0.05) is 0 Å². The lowest BCUT2D eigenvalue weighted by molar-refractivity contribution is 1.43. The summed E-state index contributed by atoms with van der Waals surface area (Å²) in [5.41, 5.74) is 4.02. The average Bonchev–Trinajstić information content (AvgIpc) is 2.87. The van der Waals surface area contributed by atoms with Crippen molar-refractivity contribution in [3.8, 4) is 6.07 Å². The molecule has 0 saturated carbocycles. The molecule has 0 atom stereocenters. The molecule has 0 bridgehead atoms. The summed E-state index contributed by atoms with van der Waals surface area (Å²) in [6, 6.07) is 16.0. The highest BCUT2D eigenvalue weighted by molar-refractivity contribution is 7.19. The highest BCUT2D eigenvalue weighted by Crippen LogP contribution is 2.24. The molecule has 0 unspecified atom stereocenters. The van der Waals surface area contributed by atoms with Crippen LogP contribution in [0.2, 0.25) is 0 Å². The molecule has 1 heterocycles. The van der Waals surface area contributed by atoms with Gasteiger partial charge in [-0.1, -0.05) is 24.3 Å². The van der Waals surface area contributed by atoms with Crippen molar-refractivity contribution in [1.82, 2.24) is 4.98 Å². The molecule has 0 spiro atoms. The Morgan fingerprint density at radius 3 is 2.65 bits per heavy atom. The van der Waals surface area contributed by atoms with Gasteiger partial charge in [-0.3, -0.25) is 0 Å². The van der Waals surface area contributed by atoms with Gasteiger partial charge in [-0.15, -0.1) is 11.3 Å². The van der Waals surface area contributed by atoms with E-state index < -0.39 is 0 Å². The maximum Gasteiger partial charge on any atom is 0.117 e. The molecule has 20 heavy (non-hydrogen) atoms. The van der Waals surface area contributed by atoms with E-state index in [1.807, 2.05) is 36.4 Å². The molecule has 0 N–H and O–H groups in total. The topological polar surface area (TPSA) is 36.7 Å². The monoisotopic (exact) mass is 276 g/mol. The van der Waals surface area contributed by atoms with Crippen LogP contribution in [0.25, 0.3) is 22.4 Å². The quantitative estimate of drug-likeness (QED) is 0.683. The van der Waals surface area contributed by atoms with Crippen LogP contribution in [0, 0.1) is 18.3 Å². The van der Waals surface area contributed by atoms with Crippen LogP contribution in [0.5, 0.6) is 0 Å². The van der Waals surface area contributed by atoms with E-state index in [4.69, 9.17) is 5.26 Å². The Hall–Kier alpha value is -2.44. The van der Waals surface area contributed by atoms with Crippen LogP contribution in [0.15, 0.2) is 42.5 Å². The molecule has 0 aliphatic carbocycles. The molecule has 96 valence electrons. The van der Waals surface area contributed by atoms with Gasteiger partial charge in [-0.25, -0.2) is 4.98 Å². The first-order valence-electron chi connectivity index (χ1n) is 6.30. The van der Waals surface area contributed by atoms with E-state index in [9.17, 15) is 0 Å². The van der Waals surface area contributed by atoms with E-state index in [-0.39, 0.29) is 0 Å². The van der Waals surface area contributed by atoms with E-state index in [1.165, 1.54) is 10.3 Å². The summed E-state index contributed by atoms with van der Waals surface area (Å²) in [7, 11) is 0. The number of hydrogen-bond acceptors (Lipinski definition) is 3. The zero-order chi connectivity index (χ0) is 13.9. The standard InChI is InChI=1S/C17H12N2S/c1-12-2-8-16-15(10-12)19-17(20-16)9-7-13-3-5-14(11-18)6-4-13/h2-10H,1H3. The third-order valence-corrected chi connectivity index (χ3v) is 4.02. The first-order chi connectivity index (χ1) is 9.74. The van der Waals surface area contributed by atoms with Crippen LogP contribution in [0.4, 0.5) is 0 Å². The number of nitrogens with zero attached hydrogens (tertiary/aromatic N) is 2. The van der Waals surface area contributed by atoms with E-state index in [0.29, 0.717) is 5.56 Å². The zero-order valence-corrected chi connectivity index (χ0v) is 11.8. The fourth-order valence-electron chi connectivity index (χ4n) is 1.96. The Kier molecular flexibility index (Phi) is 3.32. The Labute approximate surface area is 121 Å². The Morgan fingerprint density at radius 2 is 1.90 bits per heavy atom. The lowest BCUT2D eigenvalue weighted by atomic mass is 10.1. The highest BCUT2D eigenvalue weighted by atomic mass is 32.1. The normalized spacial score (nSPS) is 11.0. The van der Waals surface area contributed by atoms with Crippen molar-refractivity contribution in [2.24, 2.45) is 0 Å². The van der Waals surface area contributed by atoms with Crippen LogP contribution in [0.1, 0.15) is 21.7 Å². The summed E-state index contributed by atoms with van der Waals surface area (Å²) in [5, 5.41) is 9.76. The van der Waals surface area contributed by atoms with Gasteiger partial charge in [0.1, 0.15) is 5.01 Å². The van der Waals surface area contributed by atoms with Gasteiger partial charge >= 0.3 is 0 Å². The molecule has 3 rings (SSSR count). The molecule has 0 fully saturated rings. The Morgan fingerprint density at radius 1 is 1.10 bits per heavy atom. The number of aryl methyl sites for hydroxylation is 1. The molecular formula is C17H12N2S. The molecule has 3 aromatic rings. The molecule has 2 aromatic carbocycles. The fourth-order valence-corrected chi connectivity index (χ4v) is 2.81. The van der Waals surface area contributed by atoms with Crippen molar-refractivity contribution < 1.29 is 0 Å². The van der Waals surface area contributed by atoms with E-state index in [2.05, 4.69) is 36.2 Å². The molecule has 0 radical (unpaired) electrons. The van der Waals surface area contributed by atoms with Gasteiger partial charge in [0.2, 0.25) is 0 Å². The number of benzene rings is 2. The van der Waals surface area contributed by atoms with E-state index in [1.54, 1.807) is 11.3 Å². The molecule has 0 aliphatic heterocycles. The van der Waals surface area contributed by atoms with E-state index >= 15 is 0 Å². The molecule has 0 saturated heterocycles. The van der Waals surface area contributed by atoms with Crippen molar-refractivity contribution >= 4 is 33.7 Å². The molecule has 0 aliphatic rings. The minimum absolute atomic E-state index is 0.678. The lowest BCUT2D eigenvalue weighted by Crippen LogP contribution is -1.75. The molecule has 3 heteroatoms. The van der Waals surface area contributed by atoms with Gasteiger partial charge in [-0.2, -0.15) is 5.26 Å². The predicted molar refractivity (Wildman–Crippen MR) is 84.4 cm³/mol. The second kappa shape index (κ2) is 5.28. The maximum absolute atomic E-state index is 8.76. The number of thiazole rings is 1. The zero-order valence-electron chi connectivity index (χ0n) is 11.0. The number of fused-ring (bicyclic) bond motifs is 1. The average molecular weight is 276 g/mol. The van der Waals surface area contributed by atoms with Gasteiger partial charge in [-0.05, 0) is 48.4 Å². The minimum Gasteiger partial charge on any atom is -0.237 e. The SMILES string of the molecule is Cc1ccc2sc(C=Cc3ccc(C#N)cc3)nc2c1. The first-order valence-corrected chi connectivity index (χ1v) is 7.12. The number of nitriles is 1. The molecule has 0 amide bonds. The lowest BCUT2D eigenvalue weighted by Gasteiger charge is -1.92. The Balaban J connectivity index is 1.88. The van der Waals surface area contributed by atoms with Crippen molar-refractivity contribution in [2.75, 3.05) is 0 Å². The summed E-state index contributed by atoms with van der Waals surface area (Å²) >= 11 is 1.68. The molecule has 2 nitrogen and oxygen atoms in total.